The number of carbonyl (C=O) groups excluding carboxylic acids is 2. The highest BCUT2D eigenvalue weighted by molar-refractivity contribution is 7.91. The first kappa shape index (κ1) is 25.3. The zero-order chi connectivity index (χ0) is 25.0. The molecule has 0 spiro atoms. The number of carbonyl (C=O) groups is 2. The molecular formula is C26H32FN3O4S. The predicted octanol–water partition coefficient (Wildman–Crippen LogP) is 3.52. The van der Waals surface area contributed by atoms with Gasteiger partial charge in [0.1, 0.15) is 5.82 Å². The lowest BCUT2D eigenvalue weighted by Gasteiger charge is -2.35. The molecule has 4 rings (SSSR count). The van der Waals surface area contributed by atoms with Crippen LogP contribution in [-0.4, -0.2) is 62.3 Å². The summed E-state index contributed by atoms with van der Waals surface area (Å²) in [5, 5.41) is 5.57. The fourth-order valence-electron chi connectivity index (χ4n) is 5.18. The van der Waals surface area contributed by atoms with Gasteiger partial charge in [-0.3, -0.25) is 4.79 Å². The fourth-order valence-corrected chi connectivity index (χ4v) is 7.21. The van der Waals surface area contributed by atoms with Gasteiger partial charge in [-0.05, 0) is 68.5 Å². The number of rotatable bonds is 7. The number of anilines is 1. The summed E-state index contributed by atoms with van der Waals surface area (Å²) in [5.74, 6) is -0.136. The number of ketones is 1. The molecule has 0 aromatic heterocycles. The lowest BCUT2D eigenvalue weighted by atomic mass is 9.90. The van der Waals surface area contributed by atoms with Gasteiger partial charge in [-0.15, -0.1) is 0 Å². The standard InChI is InChI=1S/C26H32FN3O4S/c1-18(31)21-5-2-6-24(13-21)28-26(32)29-25-17-35(33,34)16-22(25)15-30-11-3-4-20(14-30)12-19-7-9-23(27)10-8-19/h2,5-10,13,20,22,25H,3-4,11-12,14-17H2,1H3,(H2,28,29,32)/t20-,22-,25+/m0/s1. The molecular weight excluding hydrogens is 469 g/mol. The Balaban J connectivity index is 1.35. The third-order valence-corrected chi connectivity index (χ3v) is 8.65. The van der Waals surface area contributed by atoms with E-state index in [4.69, 9.17) is 0 Å². The molecule has 2 fully saturated rings. The first-order valence-electron chi connectivity index (χ1n) is 12.0. The van der Waals surface area contributed by atoms with Crippen LogP contribution in [0.2, 0.25) is 0 Å². The van der Waals surface area contributed by atoms with Gasteiger partial charge in [-0.2, -0.15) is 0 Å². The molecule has 3 atom stereocenters. The van der Waals surface area contributed by atoms with Crippen molar-refractivity contribution in [2.75, 3.05) is 36.5 Å². The number of nitrogens with zero attached hydrogens (tertiary/aromatic N) is 1. The minimum absolute atomic E-state index is 0.0525. The second kappa shape index (κ2) is 10.9. The van der Waals surface area contributed by atoms with E-state index in [1.165, 1.54) is 19.1 Å². The molecule has 9 heteroatoms. The molecule has 2 aromatic rings. The summed E-state index contributed by atoms with van der Waals surface area (Å²) < 4.78 is 38.1. The smallest absolute Gasteiger partial charge is 0.319 e. The SMILES string of the molecule is CC(=O)c1cccc(NC(=O)N[C@@H]2CS(=O)(=O)C[C@@H]2CN2CCC[C@@H](Cc3ccc(F)cc3)C2)c1. The highest BCUT2D eigenvalue weighted by atomic mass is 32.2. The maximum Gasteiger partial charge on any atom is 0.319 e. The summed E-state index contributed by atoms with van der Waals surface area (Å²) in [6, 6.07) is 12.3. The number of halogens is 1. The quantitative estimate of drug-likeness (QED) is 0.566. The van der Waals surface area contributed by atoms with Gasteiger partial charge in [0.2, 0.25) is 0 Å². The van der Waals surface area contributed by atoms with Gasteiger partial charge in [-0.1, -0.05) is 24.3 Å². The van der Waals surface area contributed by atoms with Crippen LogP contribution in [0.5, 0.6) is 0 Å². The maximum absolute atomic E-state index is 13.2. The van der Waals surface area contributed by atoms with Crippen LogP contribution in [0.4, 0.5) is 14.9 Å². The van der Waals surface area contributed by atoms with Gasteiger partial charge in [0, 0.05) is 36.3 Å². The molecule has 0 radical (unpaired) electrons. The number of benzene rings is 2. The average molecular weight is 502 g/mol. The van der Waals surface area contributed by atoms with Crippen LogP contribution in [0.3, 0.4) is 0 Å². The predicted molar refractivity (Wildman–Crippen MR) is 134 cm³/mol. The Morgan fingerprint density at radius 3 is 2.63 bits per heavy atom. The third kappa shape index (κ3) is 7.11. The average Bonchev–Trinajstić information content (AvgIpc) is 3.08. The fraction of sp³-hybridized carbons (Fsp3) is 0.462. The summed E-state index contributed by atoms with van der Waals surface area (Å²) in [5.41, 5.74) is 2.07. The van der Waals surface area contributed by atoms with E-state index in [1.54, 1.807) is 24.3 Å². The number of urea groups is 1. The number of nitrogens with one attached hydrogen (secondary N) is 2. The van der Waals surface area contributed by atoms with Crippen LogP contribution in [0, 0.1) is 17.7 Å². The second-order valence-corrected chi connectivity index (χ2v) is 11.9. The van der Waals surface area contributed by atoms with E-state index in [2.05, 4.69) is 15.5 Å². The number of piperidine rings is 1. The molecule has 0 saturated carbocycles. The molecule has 0 aliphatic carbocycles. The van der Waals surface area contributed by atoms with E-state index in [0.29, 0.717) is 23.7 Å². The van der Waals surface area contributed by atoms with Crippen molar-refractivity contribution in [1.82, 2.24) is 10.2 Å². The zero-order valence-electron chi connectivity index (χ0n) is 19.9. The third-order valence-electron chi connectivity index (χ3n) is 6.85. The summed E-state index contributed by atoms with van der Waals surface area (Å²) in [7, 11) is -3.25. The van der Waals surface area contributed by atoms with Gasteiger partial charge in [0.05, 0.1) is 11.5 Å². The lowest BCUT2D eigenvalue weighted by molar-refractivity contribution is 0.101. The van der Waals surface area contributed by atoms with Crippen molar-refractivity contribution in [2.45, 2.75) is 32.2 Å². The van der Waals surface area contributed by atoms with Gasteiger partial charge in [0.25, 0.3) is 0 Å². The van der Waals surface area contributed by atoms with Crippen LogP contribution in [0.1, 0.15) is 35.7 Å². The van der Waals surface area contributed by atoms with Gasteiger partial charge in [-0.25, -0.2) is 17.6 Å². The summed E-state index contributed by atoms with van der Waals surface area (Å²) in [6.45, 7) is 3.81. The minimum Gasteiger partial charge on any atom is -0.334 e. The Bertz CT molecular complexity index is 1170. The molecule has 2 heterocycles. The van der Waals surface area contributed by atoms with Crippen LogP contribution in [0.25, 0.3) is 0 Å². The Kier molecular flexibility index (Phi) is 7.86. The summed E-state index contributed by atoms with van der Waals surface area (Å²) in [6.07, 6.45) is 2.97. The van der Waals surface area contributed by atoms with Crippen molar-refractivity contribution in [3.63, 3.8) is 0 Å². The van der Waals surface area contributed by atoms with E-state index >= 15 is 0 Å². The Morgan fingerprint density at radius 1 is 1.11 bits per heavy atom. The molecule has 2 N–H and O–H groups in total. The highest BCUT2D eigenvalue weighted by Gasteiger charge is 2.39. The van der Waals surface area contributed by atoms with Crippen molar-refractivity contribution in [3.05, 3.63) is 65.5 Å². The first-order chi connectivity index (χ1) is 16.7. The first-order valence-corrected chi connectivity index (χ1v) is 13.8. The monoisotopic (exact) mass is 501 g/mol. The molecule has 35 heavy (non-hydrogen) atoms. The molecule has 2 amide bonds. The van der Waals surface area contributed by atoms with Gasteiger partial charge >= 0.3 is 6.03 Å². The Hall–Kier alpha value is -2.78. The second-order valence-electron chi connectivity index (χ2n) is 9.78. The van der Waals surface area contributed by atoms with Gasteiger partial charge in [0.15, 0.2) is 15.6 Å². The Morgan fingerprint density at radius 2 is 1.89 bits per heavy atom. The van der Waals surface area contributed by atoms with Crippen LogP contribution < -0.4 is 10.6 Å². The molecule has 0 bridgehead atoms. The number of Topliss-reactive ketones (excluding diaryl/α,β-unsaturated/α-hetero) is 1. The van der Waals surface area contributed by atoms with E-state index in [1.807, 2.05) is 12.1 Å². The van der Waals surface area contributed by atoms with Crippen molar-refractivity contribution >= 4 is 27.3 Å². The summed E-state index contributed by atoms with van der Waals surface area (Å²) >= 11 is 0. The number of hydrogen-bond donors (Lipinski definition) is 2. The molecule has 2 saturated heterocycles. The van der Waals surface area contributed by atoms with Crippen molar-refractivity contribution in [1.29, 1.82) is 0 Å². The number of hydrogen-bond acceptors (Lipinski definition) is 5. The molecule has 0 unspecified atom stereocenters. The Labute approximate surface area is 206 Å². The number of amides is 2. The van der Waals surface area contributed by atoms with E-state index < -0.39 is 21.9 Å². The van der Waals surface area contributed by atoms with E-state index in [0.717, 1.165) is 37.9 Å². The maximum atomic E-state index is 13.2. The normalized spacial score (nSPS) is 24.1. The number of sulfone groups is 1. The topological polar surface area (TPSA) is 95.6 Å². The minimum atomic E-state index is -3.25. The zero-order valence-corrected chi connectivity index (χ0v) is 20.7. The van der Waals surface area contributed by atoms with Crippen molar-refractivity contribution in [3.8, 4) is 0 Å². The molecule has 2 aromatic carbocycles. The van der Waals surface area contributed by atoms with Crippen molar-refractivity contribution < 1.29 is 22.4 Å². The van der Waals surface area contributed by atoms with Crippen LogP contribution in [-0.2, 0) is 16.3 Å². The molecule has 7 nitrogen and oxygen atoms in total. The number of likely N-dealkylation sites (tertiary alicyclic amines) is 1. The molecule has 2 aliphatic rings. The molecule has 188 valence electrons. The van der Waals surface area contributed by atoms with Crippen LogP contribution in [0.15, 0.2) is 48.5 Å². The highest BCUT2D eigenvalue weighted by Crippen LogP contribution is 2.26. The summed E-state index contributed by atoms with van der Waals surface area (Å²) in [4.78, 5) is 26.5. The lowest BCUT2D eigenvalue weighted by Crippen LogP contribution is -2.47. The largest absolute Gasteiger partial charge is 0.334 e. The van der Waals surface area contributed by atoms with Crippen LogP contribution >= 0.6 is 0 Å². The van der Waals surface area contributed by atoms with Crippen molar-refractivity contribution in [2.24, 2.45) is 11.8 Å². The van der Waals surface area contributed by atoms with Gasteiger partial charge < -0.3 is 15.5 Å². The van der Waals surface area contributed by atoms with E-state index in [-0.39, 0.29) is 29.0 Å². The molecule has 2 aliphatic heterocycles. The van der Waals surface area contributed by atoms with E-state index in [9.17, 15) is 22.4 Å².